The molecule has 0 spiro atoms. The van der Waals surface area contributed by atoms with Crippen LogP contribution in [0, 0.1) is 5.92 Å². The maximum Gasteiger partial charge on any atom is 0.227 e. The Labute approximate surface area is 150 Å². The largest absolute Gasteiger partial charge is 0.490 e. The average molecular weight is 346 g/mol. The van der Waals surface area contributed by atoms with E-state index in [0.29, 0.717) is 12.5 Å². The van der Waals surface area contributed by atoms with Gasteiger partial charge in [0.15, 0.2) is 0 Å². The fraction of sp³-hybridized carbons (Fsp3) is 0.632. The Morgan fingerprint density at radius 2 is 2.00 bits per heavy atom. The van der Waals surface area contributed by atoms with Crippen LogP contribution in [0.5, 0.6) is 5.75 Å². The highest BCUT2D eigenvalue weighted by atomic mass is 16.5. The maximum absolute atomic E-state index is 12.6. The number of piperazine rings is 1. The first-order valence-electron chi connectivity index (χ1n) is 9.26. The zero-order valence-corrected chi connectivity index (χ0v) is 15.4. The number of likely N-dealkylation sites (N-methyl/N-ethyl adjacent to an activating group) is 1. The van der Waals surface area contributed by atoms with E-state index in [2.05, 4.69) is 27.2 Å². The number of rotatable bonds is 6. The number of ether oxygens (including phenoxy) is 1. The number of para-hydroxylation sites is 2. The zero-order chi connectivity index (χ0) is 17.6. The molecular formula is C19H30N4O2. The van der Waals surface area contributed by atoms with Crippen LogP contribution in [0.2, 0.25) is 0 Å². The molecule has 2 heterocycles. The summed E-state index contributed by atoms with van der Waals surface area (Å²) in [6.07, 6.45) is 0.974. The van der Waals surface area contributed by atoms with Crippen molar-refractivity contribution in [2.24, 2.45) is 5.92 Å². The molecule has 1 aromatic rings. The Kier molecular flexibility index (Phi) is 6.15. The van der Waals surface area contributed by atoms with Gasteiger partial charge in [-0.3, -0.25) is 4.79 Å². The van der Waals surface area contributed by atoms with Crippen LogP contribution in [0.15, 0.2) is 24.3 Å². The van der Waals surface area contributed by atoms with Gasteiger partial charge < -0.3 is 24.8 Å². The summed E-state index contributed by atoms with van der Waals surface area (Å²) in [6, 6.07) is 8.22. The molecule has 25 heavy (non-hydrogen) atoms. The summed E-state index contributed by atoms with van der Waals surface area (Å²) in [5.74, 6) is 1.43. The van der Waals surface area contributed by atoms with E-state index in [1.165, 1.54) is 0 Å². The Morgan fingerprint density at radius 1 is 1.24 bits per heavy atom. The summed E-state index contributed by atoms with van der Waals surface area (Å²) in [7, 11) is 4.09. The van der Waals surface area contributed by atoms with Gasteiger partial charge in [0.25, 0.3) is 0 Å². The Hall–Kier alpha value is -1.79. The zero-order valence-electron chi connectivity index (χ0n) is 15.4. The normalized spacial score (nSPS) is 21.0. The van der Waals surface area contributed by atoms with E-state index in [1.54, 1.807) is 0 Å². The number of nitrogens with zero attached hydrogens (tertiary/aromatic N) is 3. The third-order valence-electron chi connectivity index (χ3n) is 5.00. The lowest BCUT2D eigenvalue weighted by atomic mass is 10.1. The molecule has 1 aromatic carbocycles. The predicted octanol–water partition coefficient (Wildman–Crippen LogP) is 0.885. The molecule has 0 aromatic heterocycles. The van der Waals surface area contributed by atoms with E-state index < -0.39 is 0 Å². The van der Waals surface area contributed by atoms with Crippen molar-refractivity contribution in [1.29, 1.82) is 0 Å². The second-order valence-electron chi connectivity index (χ2n) is 7.12. The van der Waals surface area contributed by atoms with Gasteiger partial charge in [0.1, 0.15) is 12.4 Å². The molecule has 1 unspecified atom stereocenters. The van der Waals surface area contributed by atoms with Gasteiger partial charge in [-0.1, -0.05) is 12.1 Å². The van der Waals surface area contributed by atoms with Crippen molar-refractivity contribution >= 4 is 11.6 Å². The molecule has 6 heteroatoms. The van der Waals surface area contributed by atoms with Gasteiger partial charge >= 0.3 is 0 Å². The summed E-state index contributed by atoms with van der Waals surface area (Å²) < 4.78 is 5.98. The lowest BCUT2D eigenvalue weighted by Gasteiger charge is -2.37. The first-order chi connectivity index (χ1) is 12.1. The SMILES string of the molecule is CN(C)CCOc1ccccc1N1CCN(C(=O)C2CCNC2)CC1. The first kappa shape index (κ1) is 18.0. The van der Waals surface area contributed by atoms with E-state index in [1.807, 2.05) is 31.1 Å². The van der Waals surface area contributed by atoms with Crippen LogP contribution in [0.1, 0.15) is 6.42 Å². The minimum Gasteiger partial charge on any atom is -0.490 e. The molecule has 138 valence electrons. The highest BCUT2D eigenvalue weighted by Crippen LogP contribution is 2.29. The van der Waals surface area contributed by atoms with E-state index >= 15 is 0 Å². The van der Waals surface area contributed by atoms with Crippen LogP contribution in [-0.2, 0) is 4.79 Å². The van der Waals surface area contributed by atoms with Crippen LogP contribution < -0.4 is 15.0 Å². The first-order valence-corrected chi connectivity index (χ1v) is 9.26. The minimum absolute atomic E-state index is 0.174. The van der Waals surface area contributed by atoms with Crippen molar-refractivity contribution in [2.75, 3.05) is 71.4 Å². The van der Waals surface area contributed by atoms with Gasteiger partial charge in [-0.05, 0) is 39.2 Å². The van der Waals surface area contributed by atoms with Crippen LogP contribution in [0.3, 0.4) is 0 Å². The number of benzene rings is 1. The number of hydrogen-bond acceptors (Lipinski definition) is 5. The molecule has 0 bridgehead atoms. The molecule has 0 radical (unpaired) electrons. The van der Waals surface area contributed by atoms with Crippen molar-refractivity contribution < 1.29 is 9.53 Å². The Bertz CT molecular complexity index is 564. The van der Waals surface area contributed by atoms with Gasteiger partial charge in [0.05, 0.1) is 11.6 Å². The van der Waals surface area contributed by atoms with Crippen LogP contribution in [0.25, 0.3) is 0 Å². The molecular weight excluding hydrogens is 316 g/mol. The molecule has 1 atom stereocenters. The lowest BCUT2D eigenvalue weighted by Crippen LogP contribution is -2.50. The standard InChI is InChI=1S/C19H30N4O2/c1-21(2)13-14-25-18-6-4-3-5-17(18)22-9-11-23(12-10-22)19(24)16-7-8-20-15-16/h3-6,16,20H,7-15H2,1-2H3. The Balaban J connectivity index is 1.56. The number of nitrogens with one attached hydrogen (secondary N) is 1. The van der Waals surface area contributed by atoms with E-state index in [-0.39, 0.29) is 5.92 Å². The summed E-state index contributed by atoms with van der Waals surface area (Å²) >= 11 is 0. The van der Waals surface area contributed by atoms with Crippen molar-refractivity contribution in [1.82, 2.24) is 15.1 Å². The third kappa shape index (κ3) is 4.64. The van der Waals surface area contributed by atoms with Gasteiger partial charge in [-0.2, -0.15) is 0 Å². The maximum atomic E-state index is 12.6. The summed E-state index contributed by atoms with van der Waals surface area (Å²) in [5.41, 5.74) is 1.14. The number of carbonyl (C=O) groups excluding carboxylic acids is 1. The van der Waals surface area contributed by atoms with Gasteiger partial charge in [-0.15, -0.1) is 0 Å². The topological polar surface area (TPSA) is 48.1 Å². The van der Waals surface area contributed by atoms with Crippen LogP contribution >= 0.6 is 0 Å². The molecule has 1 N–H and O–H groups in total. The van der Waals surface area contributed by atoms with Crippen molar-refractivity contribution in [2.45, 2.75) is 6.42 Å². The number of amides is 1. The second kappa shape index (κ2) is 8.54. The van der Waals surface area contributed by atoms with Gasteiger partial charge in [0, 0.05) is 39.3 Å². The fourth-order valence-electron chi connectivity index (χ4n) is 3.47. The molecule has 1 amide bonds. The van der Waals surface area contributed by atoms with Crippen molar-refractivity contribution in [3.8, 4) is 5.75 Å². The van der Waals surface area contributed by atoms with Crippen molar-refractivity contribution in [3.05, 3.63) is 24.3 Å². The fourth-order valence-corrected chi connectivity index (χ4v) is 3.47. The molecule has 2 fully saturated rings. The minimum atomic E-state index is 0.174. The summed E-state index contributed by atoms with van der Waals surface area (Å²) in [6.45, 7) is 6.68. The molecule has 3 rings (SSSR count). The smallest absolute Gasteiger partial charge is 0.227 e. The summed E-state index contributed by atoms with van der Waals surface area (Å²) in [4.78, 5) is 19.0. The molecule has 2 aliphatic rings. The van der Waals surface area contributed by atoms with E-state index in [0.717, 1.165) is 63.7 Å². The molecule has 0 saturated carbocycles. The molecule has 2 aliphatic heterocycles. The summed E-state index contributed by atoms with van der Waals surface area (Å²) in [5, 5.41) is 3.28. The monoisotopic (exact) mass is 346 g/mol. The molecule has 6 nitrogen and oxygen atoms in total. The van der Waals surface area contributed by atoms with Gasteiger partial charge in [-0.25, -0.2) is 0 Å². The lowest BCUT2D eigenvalue weighted by molar-refractivity contribution is -0.135. The second-order valence-corrected chi connectivity index (χ2v) is 7.12. The van der Waals surface area contributed by atoms with E-state index in [9.17, 15) is 4.79 Å². The third-order valence-corrected chi connectivity index (χ3v) is 5.00. The van der Waals surface area contributed by atoms with Crippen molar-refractivity contribution in [3.63, 3.8) is 0 Å². The van der Waals surface area contributed by atoms with E-state index in [4.69, 9.17) is 4.74 Å². The number of anilines is 1. The highest BCUT2D eigenvalue weighted by Gasteiger charge is 2.29. The van der Waals surface area contributed by atoms with Crippen LogP contribution in [-0.4, -0.2) is 82.2 Å². The molecule has 2 saturated heterocycles. The van der Waals surface area contributed by atoms with Crippen LogP contribution in [0.4, 0.5) is 5.69 Å². The Morgan fingerprint density at radius 3 is 2.68 bits per heavy atom. The number of carbonyl (C=O) groups is 1. The predicted molar refractivity (Wildman–Crippen MR) is 100 cm³/mol. The number of hydrogen-bond donors (Lipinski definition) is 1. The average Bonchev–Trinajstić information content (AvgIpc) is 3.16. The molecule has 0 aliphatic carbocycles. The van der Waals surface area contributed by atoms with Gasteiger partial charge in [0.2, 0.25) is 5.91 Å². The highest BCUT2D eigenvalue weighted by molar-refractivity contribution is 5.79. The quantitative estimate of drug-likeness (QED) is 0.829.